The Balaban J connectivity index is 0.000000791. The highest BCUT2D eigenvalue weighted by Gasteiger charge is 2.04. The van der Waals surface area contributed by atoms with Gasteiger partial charge in [-0.3, -0.25) is 0 Å². The predicted molar refractivity (Wildman–Crippen MR) is 62.5 cm³/mol. The molecule has 80 valence electrons. The van der Waals surface area contributed by atoms with Gasteiger partial charge in [0.1, 0.15) is 5.78 Å². The summed E-state index contributed by atoms with van der Waals surface area (Å²) in [4.78, 5) is 10.7. The summed E-state index contributed by atoms with van der Waals surface area (Å²) in [5.41, 5.74) is 1.34. The summed E-state index contributed by atoms with van der Waals surface area (Å²) < 4.78 is 0. The van der Waals surface area contributed by atoms with Gasteiger partial charge >= 0.3 is 0 Å². The summed E-state index contributed by atoms with van der Waals surface area (Å²) >= 11 is 5.79. The third-order valence-electron chi connectivity index (χ3n) is 1.98. The molecule has 0 spiro atoms. The van der Waals surface area contributed by atoms with Gasteiger partial charge in [0.25, 0.3) is 0 Å². The van der Waals surface area contributed by atoms with Crippen LogP contribution in [0.15, 0.2) is 22.8 Å². The van der Waals surface area contributed by atoms with Crippen LogP contribution in [0.4, 0.5) is 0 Å². The molecular formula is C12H19ClO. The van der Waals surface area contributed by atoms with Crippen LogP contribution in [0.5, 0.6) is 0 Å². The highest BCUT2D eigenvalue weighted by molar-refractivity contribution is 6.29. The van der Waals surface area contributed by atoms with E-state index in [1.54, 1.807) is 6.92 Å². The first-order valence-corrected chi connectivity index (χ1v) is 5.60. The zero-order valence-corrected chi connectivity index (χ0v) is 10.0. The highest BCUT2D eigenvalue weighted by Crippen LogP contribution is 2.23. The SMILES string of the molecule is CC.CC(=O)CCC1=CC=C(Cl)CC1. The van der Waals surface area contributed by atoms with Gasteiger partial charge in [0.2, 0.25) is 0 Å². The Kier molecular flexibility index (Phi) is 7.50. The first kappa shape index (κ1) is 13.4. The number of ketones is 1. The number of Topliss-reactive ketones (excluding diaryl/α,β-unsaturated/α-hetero) is 1. The summed E-state index contributed by atoms with van der Waals surface area (Å²) in [5, 5.41) is 0.918. The average molecular weight is 215 g/mol. The van der Waals surface area contributed by atoms with Gasteiger partial charge in [0.15, 0.2) is 0 Å². The van der Waals surface area contributed by atoms with E-state index < -0.39 is 0 Å². The lowest BCUT2D eigenvalue weighted by atomic mass is 9.99. The maximum Gasteiger partial charge on any atom is 0.130 e. The minimum Gasteiger partial charge on any atom is -0.300 e. The van der Waals surface area contributed by atoms with Crippen LogP contribution in [0.1, 0.15) is 46.5 Å². The van der Waals surface area contributed by atoms with Gasteiger partial charge < -0.3 is 4.79 Å². The molecule has 0 N–H and O–H groups in total. The van der Waals surface area contributed by atoms with Gasteiger partial charge in [-0.1, -0.05) is 37.1 Å². The molecule has 0 aromatic rings. The van der Waals surface area contributed by atoms with Crippen molar-refractivity contribution in [2.24, 2.45) is 0 Å². The van der Waals surface area contributed by atoms with Gasteiger partial charge in [-0.2, -0.15) is 0 Å². The number of carbonyl (C=O) groups excluding carboxylic acids is 1. The number of hydrogen-bond donors (Lipinski definition) is 0. The molecule has 0 amide bonds. The van der Waals surface area contributed by atoms with E-state index in [1.807, 2.05) is 26.0 Å². The quantitative estimate of drug-likeness (QED) is 0.688. The van der Waals surface area contributed by atoms with Crippen LogP contribution in [0, 0.1) is 0 Å². The van der Waals surface area contributed by atoms with E-state index in [2.05, 4.69) is 0 Å². The topological polar surface area (TPSA) is 17.1 Å². The second kappa shape index (κ2) is 7.81. The van der Waals surface area contributed by atoms with Crippen molar-refractivity contribution < 1.29 is 4.79 Å². The Bertz CT molecular complexity index is 239. The van der Waals surface area contributed by atoms with Crippen LogP contribution in [0.3, 0.4) is 0 Å². The molecule has 1 aliphatic rings. The Morgan fingerprint density at radius 2 is 2.00 bits per heavy atom. The molecule has 0 saturated carbocycles. The number of allylic oxidation sites excluding steroid dienone is 4. The van der Waals surface area contributed by atoms with E-state index in [9.17, 15) is 4.79 Å². The minimum atomic E-state index is 0.261. The third kappa shape index (κ3) is 5.98. The van der Waals surface area contributed by atoms with Crippen molar-refractivity contribution in [3.05, 3.63) is 22.8 Å². The molecule has 1 rings (SSSR count). The monoisotopic (exact) mass is 214 g/mol. The van der Waals surface area contributed by atoms with Crippen LogP contribution in [-0.2, 0) is 4.79 Å². The molecule has 0 atom stereocenters. The van der Waals surface area contributed by atoms with E-state index in [0.717, 1.165) is 24.3 Å². The molecule has 0 aliphatic heterocycles. The molecule has 0 heterocycles. The number of hydrogen-bond acceptors (Lipinski definition) is 1. The molecule has 0 unspecified atom stereocenters. The largest absolute Gasteiger partial charge is 0.300 e. The molecule has 0 radical (unpaired) electrons. The highest BCUT2D eigenvalue weighted by atomic mass is 35.5. The van der Waals surface area contributed by atoms with Crippen LogP contribution in [-0.4, -0.2) is 5.78 Å². The van der Waals surface area contributed by atoms with Crippen molar-refractivity contribution in [3.63, 3.8) is 0 Å². The van der Waals surface area contributed by atoms with E-state index >= 15 is 0 Å². The van der Waals surface area contributed by atoms with E-state index in [-0.39, 0.29) is 5.78 Å². The fraction of sp³-hybridized carbons (Fsp3) is 0.583. The van der Waals surface area contributed by atoms with Gasteiger partial charge in [0, 0.05) is 11.5 Å². The second-order valence-corrected chi connectivity index (χ2v) is 3.63. The predicted octanol–water partition coefficient (Wildman–Crippen LogP) is 4.22. The summed E-state index contributed by atoms with van der Waals surface area (Å²) in [6, 6.07) is 0. The van der Waals surface area contributed by atoms with E-state index in [4.69, 9.17) is 11.6 Å². The zero-order valence-electron chi connectivity index (χ0n) is 9.27. The molecule has 1 nitrogen and oxygen atoms in total. The van der Waals surface area contributed by atoms with Crippen molar-refractivity contribution in [3.8, 4) is 0 Å². The van der Waals surface area contributed by atoms with Crippen LogP contribution < -0.4 is 0 Å². The molecule has 2 heteroatoms. The smallest absolute Gasteiger partial charge is 0.130 e. The van der Waals surface area contributed by atoms with Crippen LogP contribution >= 0.6 is 11.6 Å². The van der Waals surface area contributed by atoms with E-state index in [0.29, 0.717) is 6.42 Å². The maximum atomic E-state index is 10.7. The first-order chi connectivity index (χ1) is 6.68. The van der Waals surface area contributed by atoms with Crippen molar-refractivity contribution in [2.75, 3.05) is 0 Å². The van der Waals surface area contributed by atoms with E-state index in [1.165, 1.54) is 5.57 Å². The third-order valence-corrected chi connectivity index (χ3v) is 2.30. The average Bonchev–Trinajstić information content (AvgIpc) is 2.20. The minimum absolute atomic E-state index is 0.261. The summed E-state index contributed by atoms with van der Waals surface area (Å²) in [6.07, 6.45) is 7.48. The number of carbonyl (C=O) groups is 1. The van der Waals surface area contributed by atoms with Crippen molar-refractivity contribution in [2.45, 2.75) is 46.5 Å². The van der Waals surface area contributed by atoms with Gasteiger partial charge in [-0.05, 0) is 32.3 Å². The normalized spacial score (nSPS) is 14.9. The molecule has 0 aromatic carbocycles. The van der Waals surface area contributed by atoms with Crippen molar-refractivity contribution in [1.82, 2.24) is 0 Å². The fourth-order valence-electron chi connectivity index (χ4n) is 1.20. The Hall–Kier alpha value is -0.560. The molecule has 0 bridgehead atoms. The van der Waals surface area contributed by atoms with Gasteiger partial charge in [-0.25, -0.2) is 0 Å². The summed E-state index contributed by atoms with van der Waals surface area (Å²) in [6.45, 7) is 5.63. The first-order valence-electron chi connectivity index (χ1n) is 5.22. The maximum absolute atomic E-state index is 10.7. The summed E-state index contributed by atoms with van der Waals surface area (Å²) in [7, 11) is 0. The zero-order chi connectivity index (χ0) is 11.0. The lowest BCUT2D eigenvalue weighted by molar-refractivity contribution is -0.116. The van der Waals surface area contributed by atoms with Crippen LogP contribution in [0.25, 0.3) is 0 Å². The van der Waals surface area contributed by atoms with Crippen LogP contribution in [0.2, 0.25) is 0 Å². The Morgan fingerprint density at radius 3 is 2.43 bits per heavy atom. The van der Waals surface area contributed by atoms with Gasteiger partial charge in [-0.15, -0.1) is 0 Å². The molecule has 0 aromatic heterocycles. The Labute approximate surface area is 91.8 Å². The van der Waals surface area contributed by atoms with Crippen molar-refractivity contribution >= 4 is 17.4 Å². The second-order valence-electron chi connectivity index (χ2n) is 3.14. The number of rotatable bonds is 3. The number of halogens is 1. The summed E-state index contributed by atoms with van der Waals surface area (Å²) in [5.74, 6) is 0.261. The van der Waals surface area contributed by atoms with Crippen molar-refractivity contribution in [1.29, 1.82) is 0 Å². The van der Waals surface area contributed by atoms with Gasteiger partial charge in [0.05, 0.1) is 0 Å². The standard InChI is InChI=1S/C10H13ClO.C2H6/c1-8(12)2-3-9-4-6-10(11)7-5-9;1-2/h4,6H,2-3,5,7H2,1H3;1-2H3. The molecule has 0 saturated heterocycles. The molecule has 1 aliphatic carbocycles. The molecule has 14 heavy (non-hydrogen) atoms. The fourth-order valence-corrected chi connectivity index (χ4v) is 1.36. The Morgan fingerprint density at radius 1 is 1.36 bits per heavy atom. The molecule has 0 fully saturated rings. The lowest BCUT2D eigenvalue weighted by Gasteiger charge is -2.09. The molecular weight excluding hydrogens is 196 g/mol. The lowest BCUT2D eigenvalue weighted by Crippen LogP contribution is -1.94.